The van der Waals surface area contributed by atoms with Crippen molar-refractivity contribution in [1.82, 2.24) is 5.43 Å². The Morgan fingerprint density at radius 2 is 1.97 bits per heavy atom. The van der Waals surface area contributed by atoms with Gasteiger partial charge in [0.2, 0.25) is 0 Å². The summed E-state index contributed by atoms with van der Waals surface area (Å²) in [6, 6.07) is 14.6. The summed E-state index contributed by atoms with van der Waals surface area (Å²) < 4.78 is 11.0. The van der Waals surface area contributed by atoms with Crippen LogP contribution in [0.15, 0.2) is 65.1 Å². The molecule has 29 heavy (non-hydrogen) atoms. The van der Waals surface area contributed by atoms with E-state index in [1.54, 1.807) is 47.8 Å². The van der Waals surface area contributed by atoms with Crippen molar-refractivity contribution in [2.24, 2.45) is 5.10 Å². The third-order valence-corrected chi connectivity index (χ3v) is 4.57. The summed E-state index contributed by atoms with van der Waals surface area (Å²) in [7, 11) is 0. The molecular formula is C21H18N2O5S. The number of amides is 1. The first-order valence-corrected chi connectivity index (χ1v) is 9.60. The average molecular weight is 410 g/mol. The Kier molecular flexibility index (Phi) is 6.59. The average Bonchev–Trinajstić information content (AvgIpc) is 3.25. The minimum absolute atomic E-state index is 0.121. The van der Waals surface area contributed by atoms with Gasteiger partial charge in [-0.25, -0.2) is 10.2 Å². The van der Waals surface area contributed by atoms with Crippen molar-refractivity contribution in [3.05, 3.63) is 76.0 Å². The molecular weight excluding hydrogens is 392 g/mol. The highest BCUT2D eigenvalue weighted by Crippen LogP contribution is 2.29. The number of benzene rings is 2. The fourth-order valence-electron chi connectivity index (χ4n) is 2.39. The Hall–Kier alpha value is -3.65. The van der Waals surface area contributed by atoms with Gasteiger partial charge in [-0.15, -0.1) is 11.3 Å². The molecule has 0 aliphatic heterocycles. The number of nitrogens with zero attached hydrogens (tertiary/aromatic N) is 1. The minimum atomic E-state index is -0.536. The molecule has 1 heterocycles. The van der Waals surface area contributed by atoms with Gasteiger partial charge in [-0.2, -0.15) is 5.10 Å². The van der Waals surface area contributed by atoms with Gasteiger partial charge < -0.3 is 14.6 Å². The number of rotatable bonds is 7. The Labute approximate surface area is 171 Å². The van der Waals surface area contributed by atoms with E-state index in [0.29, 0.717) is 28.5 Å². The van der Waals surface area contributed by atoms with Crippen LogP contribution in [-0.2, 0) is 0 Å². The molecule has 0 spiro atoms. The third-order valence-electron chi connectivity index (χ3n) is 3.72. The normalized spacial score (nSPS) is 10.7. The summed E-state index contributed by atoms with van der Waals surface area (Å²) in [5.41, 5.74) is 3.10. The van der Waals surface area contributed by atoms with Crippen LogP contribution in [0.1, 0.15) is 32.5 Å². The van der Waals surface area contributed by atoms with E-state index in [9.17, 15) is 14.7 Å². The molecule has 148 valence electrons. The van der Waals surface area contributed by atoms with Crippen LogP contribution < -0.4 is 14.9 Å². The first-order chi connectivity index (χ1) is 14.1. The molecule has 0 bridgehead atoms. The number of aromatic hydroxyl groups is 1. The summed E-state index contributed by atoms with van der Waals surface area (Å²) in [5.74, 6) is -0.451. The Bertz CT molecular complexity index is 1030. The van der Waals surface area contributed by atoms with Gasteiger partial charge in [0.05, 0.1) is 18.4 Å². The van der Waals surface area contributed by atoms with E-state index in [-0.39, 0.29) is 11.3 Å². The number of phenols is 1. The molecule has 2 N–H and O–H groups in total. The molecule has 0 radical (unpaired) electrons. The molecule has 8 heteroatoms. The first-order valence-electron chi connectivity index (χ1n) is 8.72. The van der Waals surface area contributed by atoms with Crippen LogP contribution in [0.2, 0.25) is 0 Å². The van der Waals surface area contributed by atoms with Crippen molar-refractivity contribution in [1.29, 1.82) is 0 Å². The van der Waals surface area contributed by atoms with Gasteiger partial charge in [-0.1, -0.05) is 18.2 Å². The summed E-state index contributed by atoms with van der Waals surface area (Å²) in [6.45, 7) is 2.20. The predicted octanol–water partition coefficient (Wildman–Crippen LogP) is 3.84. The molecule has 1 aromatic heterocycles. The van der Waals surface area contributed by atoms with Gasteiger partial charge in [0.1, 0.15) is 10.6 Å². The van der Waals surface area contributed by atoms with Crippen molar-refractivity contribution < 1.29 is 24.2 Å². The predicted molar refractivity (Wildman–Crippen MR) is 110 cm³/mol. The van der Waals surface area contributed by atoms with Gasteiger partial charge >= 0.3 is 5.97 Å². The molecule has 0 fully saturated rings. The van der Waals surface area contributed by atoms with E-state index in [2.05, 4.69) is 10.5 Å². The van der Waals surface area contributed by atoms with E-state index in [1.165, 1.54) is 29.7 Å². The second-order valence-electron chi connectivity index (χ2n) is 5.72. The molecule has 0 unspecified atom stereocenters. The maximum atomic E-state index is 12.2. The van der Waals surface area contributed by atoms with Crippen molar-refractivity contribution >= 4 is 29.4 Å². The van der Waals surface area contributed by atoms with Crippen LogP contribution >= 0.6 is 11.3 Å². The molecule has 0 saturated carbocycles. The number of phenolic OH excluding ortho intramolecular Hbond substituents is 1. The van der Waals surface area contributed by atoms with E-state index >= 15 is 0 Å². The van der Waals surface area contributed by atoms with Crippen molar-refractivity contribution in [3.8, 4) is 17.2 Å². The van der Waals surface area contributed by atoms with Gasteiger partial charge in [0, 0.05) is 0 Å². The fraction of sp³-hybridized carbons (Fsp3) is 0.0952. The van der Waals surface area contributed by atoms with Gasteiger partial charge in [-0.05, 0) is 54.3 Å². The number of carbonyl (C=O) groups is 2. The van der Waals surface area contributed by atoms with Gasteiger partial charge in [-0.3, -0.25) is 4.79 Å². The van der Waals surface area contributed by atoms with Crippen molar-refractivity contribution in [3.63, 3.8) is 0 Å². The Morgan fingerprint density at radius 3 is 2.69 bits per heavy atom. The number of carbonyl (C=O) groups excluding carboxylic acids is 2. The smallest absolute Gasteiger partial charge is 0.353 e. The number of hydrogen-bond donors (Lipinski definition) is 2. The van der Waals surface area contributed by atoms with Crippen LogP contribution in [0.3, 0.4) is 0 Å². The topological polar surface area (TPSA) is 97.2 Å². The zero-order valence-corrected chi connectivity index (χ0v) is 16.3. The highest BCUT2D eigenvalue weighted by Gasteiger charge is 2.14. The Morgan fingerprint density at radius 1 is 1.14 bits per heavy atom. The SMILES string of the molecule is CCOc1cc(/C=N\NC(=O)c2ccccc2O)ccc1OC(=O)c1cccs1. The van der Waals surface area contributed by atoms with Crippen LogP contribution in [-0.4, -0.2) is 29.8 Å². The third kappa shape index (κ3) is 5.20. The zero-order valence-electron chi connectivity index (χ0n) is 15.5. The number of ether oxygens (including phenoxy) is 2. The molecule has 3 aromatic rings. The molecule has 0 aliphatic carbocycles. The largest absolute Gasteiger partial charge is 0.507 e. The number of nitrogens with one attached hydrogen (secondary N) is 1. The molecule has 1 amide bonds. The lowest BCUT2D eigenvalue weighted by molar-refractivity contribution is 0.0733. The lowest BCUT2D eigenvalue weighted by atomic mass is 10.2. The van der Waals surface area contributed by atoms with Crippen LogP contribution in [0.25, 0.3) is 0 Å². The summed E-state index contributed by atoms with van der Waals surface area (Å²) in [4.78, 5) is 24.7. The maximum Gasteiger partial charge on any atom is 0.353 e. The van der Waals surface area contributed by atoms with Crippen LogP contribution in [0.5, 0.6) is 17.2 Å². The monoisotopic (exact) mass is 410 g/mol. The maximum absolute atomic E-state index is 12.2. The number of hydrogen-bond acceptors (Lipinski definition) is 7. The van der Waals surface area contributed by atoms with E-state index in [1.807, 2.05) is 6.92 Å². The Balaban J connectivity index is 1.70. The number of thiophene rings is 1. The lowest BCUT2D eigenvalue weighted by Crippen LogP contribution is -2.17. The van der Waals surface area contributed by atoms with Crippen LogP contribution in [0, 0.1) is 0 Å². The second kappa shape index (κ2) is 9.52. The fourth-order valence-corrected chi connectivity index (χ4v) is 2.99. The zero-order chi connectivity index (χ0) is 20.6. The summed E-state index contributed by atoms with van der Waals surface area (Å²) in [6.07, 6.45) is 1.42. The molecule has 2 aromatic carbocycles. The minimum Gasteiger partial charge on any atom is -0.507 e. The van der Waals surface area contributed by atoms with Crippen LogP contribution in [0.4, 0.5) is 0 Å². The number of esters is 1. The quantitative estimate of drug-likeness (QED) is 0.267. The van der Waals surface area contributed by atoms with Gasteiger partial charge in [0.25, 0.3) is 5.91 Å². The first kappa shape index (κ1) is 20.1. The number of hydrazone groups is 1. The lowest BCUT2D eigenvalue weighted by Gasteiger charge is -2.10. The molecule has 3 rings (SSSR count). The molecule has 0 atom stereocenters. The van der Waals surface area contributed by atoms with E-state index in [4.69, 9.17) is 9.47 Å². The highest BCUT2D eigenvalue weighted by atomic mass is 32.1. The summed E-state index contributed by atoms with van der Waals surface area (Å²) >= 11 is 1.29. The van der Waals surface area contributed by atoms with E-state index in [0.717, 1.165) is 0 Å². The van der Waals surface area contributed by atoms with Crippen molar-refractivity contribution in [2.45, 2.75) is 6.92 Å². The number of para-hydroxylation sites is 1. The highest BCUT2D eigenvalue weighted by molar-refractivity contribution is 7.12. The van der Waals surface area contributed by atoms with Gasteiger partial charge in [0.15, 0.2) is 11.5 Å². The summed E-state index contributed by atoms with van der Waals surface area (Å²) in [5, 5.41) is 15.4. The second-order valence-corrected chi connectivity index (χ2v) is 6.67. The molecule has 0 saturated heterocycles. The van der Waals surface area contributed by atoms with Crippen molar-refractivity contribution in [2.75, 3.05) is 6.61 Å². The molecule has 0 aliphatic rings. The molecule has 7 nitrogen and oxygen atoms in total. The standard InChI is InChI=1S/C21H18N2O5S/c1-2-27-18-12-14(9-10-17(18)28-21(26)19-8-5-11-29-19)13-22-23-20(25)15-6-3-4-7-16(15)24/h3-13,24H,2H2,1H3,(H,23,25)/b22-13-. The van der Waals surface area contributed by atoms with E-state index < -0.39 is 11.9 Å².